The van der Waals surface area contributed by atoms with Crippen molar-refractivity contribution in [2.24, 2.45) is 5.92 Å². The Morgan fingerprint density at radius 3 is 2.68 bits per heavy atom. The van der Waals surface area contributed by atoms with Crippen molar-refractivity contribution in [2.75, 3.05) is 12.4 Å². The highest BCUT2D eigenvalue weighted by atomic mass is 16.5. The average Bonchev–Trinajstić information content (AvgIpc) is 2.63. The van der Waals surface area contributed by atoms with E-state index in [4.69, 9.17) is 9.47 Å². The number of ether oxygens (including phenoxy) is 2. The molecule has 1 aliphatic carbocycles. The van der Waals surface area contributed by atoms with E-state index in [0.29, 0.717) is 35.8 Å². The second-order valence-electron chi connectivity index (χ2n) is 6.99. The maximum atomic E-state index is 12.8. The van der Waals surface area contributed by atoms with Gasteiger partial charge in [-0.2, -0.15) is 5.26 Å². The van der Waals surface area contributed by atoms with Gasteiger partial charge in [-0.3, -0.25) is 4.79 Å². The van der Waals surface area contributed by atoms with Gasteiger partial charge in [0.15, 0.2) is 0 Å². The molecule has 1 fully saturated rings. The minimum Gasteiger partial charge on any atom is -0.491 e. The number of hydrogen-bond acceptors (Lipinski definition) is 4. The third-order valence-electron chi connectivity index (χ3n) is 5.16. The monoisotopic (exact) mass is 344 g/mol. The Labute approximate surface area is 150 Å². The van der Waals surface area contributed by atoms with E-state index in [1.165, 1.54) is 0 Å². The molecule has 0 aromatic heterocycles. The van der Waals surface area contributed by atoms with Crippen LogP contribution in [0.4, 0.5) is 5.69 Å². The van der Waals surface area contributed by atoms with Gasteiger partial charge in [-0.25, -0.2) is 0 Å². The Hall–Kier alpha value is -2.06. The van der Waals surface area contributed by atoms with Crippen molar-refractivity contribution >= 4 is 11.6 Å². The highest BCUT2D eigenvalue weighted by Gasteiger charge is 2.41. The molecule has 0 radical (unpaired) electrons. The minimum atomic E-state index is -0.800. The van der Waals surface area contributed by atoms with Gasteiger partial charge < -0.3 is 14.8 Å². The van der Waals surface area contributed by atoms with Gasteiger partial charge in [-0.1, -0.05) is 13.8 Å². The van der Waals surface area contributed by atoms with E-state index in [-0.39, 0.29) is 12.0 Å². The molecule has 1 aromatic rings. The van der Waals surface area contributed by atoms with Crippen molar-refractivity contribution in [3.63, 3.8) is 0 Å². The Balaban J connectivity index is 2.16. The molecule has 5 nitrogen and oxygen atoms in total. The fourth-order valence-electron chi connectivity index (χ4n) is 3.10. The molecule has 2 rings (SSSR count). The number of methoxy groups -OCH3 is 1. The molecule has 0 unspecified atom stereocenters. The van der Waals surface area contributed by atoms with E-state index in [0.717, 1.165) is 19.3 Å². The van der Waals surface area contributed by atoms with Crippen LogP contribution >= 0.6 is 0 Å². The molecule has 0 heterocycles. The van der Waals surface area contributed by atoms with Crippen LogP contribution in [0.1, 0.15) is 58.4 Å². The predicted molar refractivity (Wildman–Crippen MR) is 97.5 cm³/mol. The molecule has 1 aromatic carbocycles. The van der Waals surface area contributed by atoms with E-state index in [1.807, 2.05) is 13.8 Å². The van der Waals surface area contributed by atoms with Crippen LogP contribution in [0.2, 0.25) is 0 Å². The first-order valence-electron chi connectivity index (χ1n) is 9.01. The van der Waals surface area contributed by atoms with E-state index in [2.05, 4.69) is 18.3 Å². The number of carbonyl (C=O) groups excluding carboxylic acids is 1. The summed E-state index contributed by atoms with van der Waals surface area (Å²) < 4.78 is 11.4. The summed E-state index contributed by atoms with van der Waals surface area (Å²) in [6.45, 7) is 6.22. The van der Waals surface area contributed by atoms with Crippen molar-refractivity contribution < 1.29 is 14.3 Å². The summed E-state index contributed by atoms with van der Waals surface area (Å²) in [5.41, 5.74) is 0.0918. The molecular weight excluding hydrogens is 316 g/mol. The largest absolute Gasteiger partial charge is 0.491 e. The third kappa shape index (κ3) is 4.52. The minimum absolute atomic E-state index is 0.0768. The number of hydrogen-bond donors (Lipinski definition) is 1. The van der Waals surface area contributed by atoms with Gasteiger partial charge in [0, 0.05) is 13.2 Å². The van der Waals surface area contributed by atoms with Crippen molar-refractivity contribution in [3.8, 4) is 11.8 Å². The summed E-state index contributed by atoms with van der Waals surface area (Å²) in [6, 6.07) is 7.32. The van der Waals surface area contributed by atoms with Gasteiger partial charge in [0.25, 0.3) is 5.91 Å². The Bertz CT molecular complexity index is 643. The summed E-state index contributed by atoms with van der Waals surface area (Å²) >= 11 is 0. The highest BCUT2D eigenvalue weighted by Crippen LogP contribution is 2.35. The predicted octanol–water partition coefficient (Wildman–Crippen LogP) is 4.27. The van der Waals surface area contributed by atoms with Crippen LogP contribution in [0.5, 0.6) is 5.75 Å². The van der Waals surface area contributed by atoms with Gasteiger partial charge in [-0.15, -0.1) is 0 Å². The summed E-state index contributed by atoms with van der Waals surface area (Å²) in [4.78, 5) is 12.8. The Morgan fingerprint density at radius 1 is 1.44 bits per heavy atom. The SMILES string of the molecule is CC[C@@H](C)Oc1ccc(NC(=O)C2(OC)CCC(C)CC2)c(C#N)c1. The Morgan fingerprint density at radius 2 is 2.12 bits per heavy atom. The molecule has 0 aliphatic heterocycles. The molecule has 1 N–H and O–H groups in total. The lowest BCUT2D eigenvalue weighted by Gasteiger charge is -2.36. The van der Waals surface area contributed by atoms with Crippen LogP contribution in [0.3, 0.4) is 0 Å². The maximum Gasteiger partial charge on any atom is 0.256 e. The number of nitrogens with one attached hydrogen (secondary N) is 1. The van der Waals surface area contributed by atoms with Crippen LogP contribution in [0.25, 0.3) is 0 Å². The summed E-state index contributed by atoms with van der Waals surface area (Å²) in [5, 5.41) is 12.3. The molecule has 1 atom stereocenters. The van der Waals surface area contributed by atoms with Gasteiger partial charge in [0.1, 0.15) is 17.4 Å². The second kappa shape index (κ2) is 8.35. The standard InChI is InChI=1S/C20H28N2O3/c1-5-15(3)25-17-6-7-18(16(12-17)13-21)22-19(23)20(24-4)10-8-14(2)9-11-20/h6-7,12,14-15H,5,8-11H2,1-4H3,(H,22,23)/t14?,15-,20?/m1/s1. The van der Waals surface area contributed by atoms with E-state index in [9.17, 15) is 10.1 Å². The summed E-state index contributed by atoms with van der Waals surface area (Å²) in [6.07, 6.45) is 4.30. The number of amides is 1. The molecular formula is C20H28N2O3. The molecule has 0 bridgehead atoms. The lowest BCUT2D eigenvalue weighted by Crippen LogP contribution is -2.47. The lowest BCUT2D eigenvalue weighted by molar-refractivity contribution is -0.142. The van der Waals surface area contributed by atoms with Crippen LogP contribution in [-0.2, 0) is 9.53 Å². The van der Waals surface area contributed by atoms with Crippen molar-refractivity contribution in [1.82, 2.24) is 0 Å². The fourth-order valence-corrected chi connectivity index (χ4v) is 3.10. The summed E-state index contributed by atoms with van der Waals surface area (Å²) in [7, 11) is 1.59. The molecule has 1 aliphatic rings. The van der Waals surface area contributed by atoms with E-state index in [1.54, 1.807) is 25.3 Å². The number of benzene rings is 1. The van der Waals surface area contributed by atoms with Gasteiger partial charge >= 0.3 is 0 Å². The molecule has 0 saturated heterocycles. The van der Waals surface area contributed by atoms with Gasteiger partial charge in [0.05, 0.1) is 17.4 Å². The van der Waals surface area contributed by atoms with Crippen molar-refractivity contribution in [3.05, 3.63) is 23.8 Å². The number of nitrogens with zero attached hydrogens (tertiary/aromatic N) is 1. The molecule has 1 amide bonds. The second-order valence-corrected chi connectivity index (χ2v) is 6.99. The normalized spacial score (nSPS) is 24.2. The quantitative estimate of drug-likeness (QED) is 0.836. The molecule has 5 heteroatoms. The Kier molecular flexibility index (Phi) is 6.44. The first-order valence-corrected chi connectivity index (χ1v) is 9.01. The lowest BCUT2D eigenvalue weighted by atomic mass is 9.79. The van der Waals surface area contributed by atoms with Crippen LogP contribution in [0, 0.1) is 17.2 Å². The van der Waals surface area contributed by atoms with Crippen molar-refractivity contribution in [2.45, 2.75) is 64.6 Å². The first-order chi connectivity index (χ1) is 11.9. The molecule has 1 saturated carbocycles. The molecule has 0 spiro atoms. The smallest absolute Gasteiger partial charge is 0.256 e. The maximum absolute atomic E-state index is 12.8. The van der Waals surface area contributed by atoms with Crippen LogP contribution in [-0.4, -0.2) is 24.7 Å². The van der Waals surface area contributed by atoms with Gasteiger partial charge in [-0.05, 0) is 57.1 Å². The zero-order valence-corrected chi connectivity index (χ0v) is 15.6. The van der Waals surface area contributed by atoms with Crippen LogP contribution in [0.15, 0.2) is 18.2 Å². The zero-order valence-electron chi connectivity index (χ0n) is 15.6. The average molecular weight is 344 g/mol. The molecule has 136 valence electrons. The van der Waals surface area contributed by atoms with Gasteiger partial charge in [0.2, 0.25) is 0 Å². The fraction of sp³-hybridized carbons (Fsp3) is 0.600. The van der Waals surface area contributed by atoms with Crippen LogP contribution < -0.4 is 10.1 Å². The third-order valence-corrected chi connectivity index (χ3v) is 5.16. The van der Waals surface area contributed by atoms with E-state index < -0.39 is 5.60 Å². The topological polar surface area (TPSA) is 71.3 Å². The zero-order chi connectivity index (χ0) is 18.4. The number of carbonyl (C=O) groups is 1. The number of rotatable bonds is 6. The summed E-state index contributed by atoms with van der Waals surface area (Å²) in [5.74, 6) is 1.08. The van der Waals surface area contributed by atoms with E-state index >= 15 is 0 Å². The molecule has 25 heavy (non-hydrogen) atoms. The highest BCUT2D eigenvalue weighted by molar-refractivity contribution is 5.98. The number of nitriles is 1. The number of anilines is 1. The van der Waals surface area contributed by atoms with Crippen molar-refractivity contribution in [1.29, 1.82) is 5.26 Å². The first kappa shape index (κ1) is 19.3.